The van der Waals surface area contributed by atoms with Gasteiger partial charge in [-0.05, 0) is 43.7 Å². The highest BCUT2D eigenvalue weighted by Gasteiger charge is 2.20. The van der Waals surface area contributed by atoms with Crippen molar-refractivity contribution in [3.8, 4) is 0 Å². The van der Waals surface area contributed by atoms with Gasteiger partial charge in [-0.25, -0.2) is 0 Å². The zero-order valence-electron chi connectivity index (χ0n) is 12.0. The van der Waals surface area contributed by atoms with E-state index >= 15 is 0 Å². The molecule has 1 aliphatic carbocycles. The Bertz CT molecular complexity index is 452. The van der Waals surface area contributed by atoms with Crippen LogP contribution in [0.1, 0.15) is 48.4 Å². The average Bonchev–Trinajstić information content (AvgIpc) is 2.84. The maximum atomic E-state index is 12.2. The number of rotatable bonds is 5. The third-order valence-corrected chi connectivity index (χ3v) is 5.67. The second kappa shape index (κ2) is 6.67. The molecule has 0 aliphatic heterocycles. The predicted molar refractivity (Wildman–Crippen MR) is 82.7 cm³/mol. The third kappa shape index (κ3) is 4.15. The molecule has 3 heteroatoms. The Morgan fingerprint density at radius 1 is 1.32 bits per heavy atom. The fourth-order valence-corrected chi connectivity index (χ4v) is 4.53. The molecule has 19 heavy (non-hydrogen) atoms. The number of hydrogen-bond acceptors (Lipinski definition) is 2. The largest absolute Gasteiger partial charge is 0.323 e. The standard InChI is InChI=1S/C16H25NOS/c1-12-7-8-13(2)15(9-12)16(17)11-19(18)10-14-5-3-4-6-14/h7-9,14,16H,3-6,10-11,17H2,1-2H3. The van der Waals surface area contributed by atoms with Crippen molar-refractivity contribution in [3.05, 3.63) is 34.9 Å². The van der Waals surface area contributed by atoms with Crippen LogP contribution in [0.4, 0.5) is 0 Å². The van der Waals surface area contributed by atoms with E-state index in [1.54, 1.807) is 0 Å². The van der Waals surface area contributed by atoms with E-state index in [0.29, 0.717) is 11.7 Å². The van der Waals surface area contributed by atoms with E-state index in [1.807, 2.05) is 0 Å². The van der Waals surface area contributed by atoms with Gasteiger partial charge in [-0.1, -0.05) is 36.6 Å². The quantitative estimate of drug-likeness (QED) is 0.899. The Kier molecular flexibility index (Phi) is 5.17. The molecule has 2 nitrogen and oxygen atoms in total. The van der Waals surface area contributed by atoms with Crippen molar-refractivity contribution in [3.63, 3.8) is 0 Å². The number of nitrogens with two attached hydrogens (primary N) is 1. The van der Waals surface area contributed by atoms with Gasteiger partial charge < -0.3 is 5.73 Å². The maximum Gasteiger partial charge on any atom is 0.0428 e. The minimum absolute atomic E-state index is 0.0952. The van der Waals surface area contributed by atoms with Crippen LogP contribution in [0, 0.1) is 19.8 Å². The van der Waals surface area contributed by atoms with E-state index in [0.717, 1.165) is 11.3 Å². The van der Waals surface area contributed by atoms with Crippen LogP contribution in [0.3, 0.4) is 0 Å². The Hall–Kier alpha value is -0.670. The van der Waals surface area contributed by atoms with Crippen molar-refractivity contribution in [1.29, 1.82) is 0 Å². The molecule has 0 spiro atoms. The lowest BCUT2D eigenvalue weighted by atomic mass is 10.0. The lowest BCUT2D eigenvalue weighted by Crippen LogP contribution is -2.22. The van der Waals surface area contributed by atoms with Gasteiger partial charge in [0.25, 0.3) is 0 Å². The van der Waals surface area contributed by atoms with Crippen LogP contribution in [0.15, 0.2) is 18.2 Å². The molecule has 0 aromatic heterocycles. The fourth-order valence-electron chi connectivity index (χ4n) is 2.96. The molecule has 1 aliphatic rings. The van der Waals surface area contributed by atoms with Gasteiger partial charge >= 0.3 is 0 Å². The zero-order chi connectivity index (χ0) is 13.8. The molecule has 1 fully saturated rings. The van der Waals surface area contributed by atoms with Gasteiger partial charge in [-0.2, -0.15) is 0 Å². The van der Waals surface area contributed by atoms with Crippen LogP contribution in [0.25, 0.3) is 0 Å². The van der Waals surface area contributed by atoms with Crippen LogP contribution in [0.5, 0.6) is 0 Å². The van der Waals surface area contributed by atoms with Gasteiger partial charge in [-0.3, -0.25) is 4.21 Å². The summed E-state index contributed by atoms with van der Waals surface area (Å²) in [5, 5.41) is 0. The minimum Gasteiger partial charge on any atom is -0.323 e. The molecule has 0 bridgehead atoms. The summed E-state index contributed by atoms with van der Waals surface area (Å²) < 4.78 is 12.2. The summed E-state index contributed by atoms with van der Waals surface area (Å²) in [4.78, 5) is 0. The highest BCUT2D eigenvalue weighted by molar-refractivity contribution is 7.85. The topological polar surface area (TPSA) is 43.1 Å². The molecule has 0 radical (unpaired) electrons. The third-order valence-electron chi connectivity index (χ3n) is 4.10. The van der Waals surface area contributed by atoms with Gasteiger partial charge in [0.1, 0.15) is 0 Å². The second-order valence-electron chi connectivity index (χ2n) is 5.89. The van der Waals surface area contributed by atoms with Gasteiger partial charge in [0, 0.05) is 28.3 Å². The molecule has 0 heterocycles. The minimum atomic E-state index is -0.780. The maximum absolute atomic E-state index is 12.2. The van der Waals surface area contributed by atoms with Gasteiger partial charge in [0.05, 0.1) is 0 Å². The van der Waals surface area contributed by atoms with Crippen LogP contribution in [-0.2, 0) is 10.8 Å². The first-order valence-corrected chi connectivity index (χ1v) is 8.73. The van der Waals surface area contributed by atoms with Gasteiger partial charge in [-0.15, -0.1) is 0 Å². The van der Waals surface area contributed by atoms with E-state index in [-0.39, 0.29) is 6.04 Å². The zero-order valence-corrected chi connectivity index (χ0v) is 12.8. The van der Waals surface area contributed by atoms with Crippen molar-refractivity contribution >= 4 is 10.8 Å². The first-order valence-electron chi connectivity index (χ1n) is 7.24. The summed E-state index contributed by atoms with van der Waals surface area (Å²) >= 11 is 0. The molecule has 1 saturated carbocycles. The summed E-state index contributed by atoms with van der Waals surface area (Å²) in [5.41, 5.74) is 9.82. The smallest absolute Gasteiger partial charge is 0.0428 e. The van der Waals surface area contributed by atoms with E-state index < -0.39 is 10.8 Å². The van der Waals surface area contributed by atoms with Gasteiger partial charge in [0.15, 0.2) is 0 Å². The van der Waals surface area contributed by atoms with E-state index in [9.17, 15) is 4.21 Å². The normalized spacial score (nSPS) is 19.5. The van der Waals surface area contributed by atoms with Crippen molar-refractivity contribution in [2.75, 3.05) is 11.5 Å². The molecule has 2 atom stereocenters. The molecule has 2 rings (SSSR count). The highest BCUT2D eigenvalue weighted by atomic mass is 32.2. The Morgan fingerprint density at radius 3 is 2.68 bits per heavy atom. The molecule has 0 amide bonds. The molecule has 1 aromatic carbocycles. The lowest BCUT2D eigenvalue weighted by Gasteiger charge is -2.16. The first kappa shape index (κ1) is 14.7. The first-order chi connectivity index (χ1) is 9.06. The Balaban J connectivity index is 1.94. The molecular formula is C16H25NOS. The lowest BCUT2D eigenvalue weighted by molar-refractivity contribution is 0.602. The fraction of sp³-hybridized carbons (Fsp3) is 0.625. The number of benzene rings is 1. The summed E-state index contributed by atoms with van der Waals surface area (Å²) in [6, 6.07) is 6.24. The summed E-state index contributed by atoms with van der Waals surface area (Å²) in [5.74, 6) is 2.12. The summed E-state index contributed by atoms with van der Waals surface area (Å²) in [6.07, 6.45) is 5.13. The summed E-state index contributed by atoms with van der Waals surface area (Å²) in [6.45, 7) is 4.15. The predicted octanol–water partition coefficient (Wildman–Crippen LogP) is 3.24. The SMILES string of the molecule is Cc1ccc(C)c(C(N)CS(=O)CC2CCCC2)c1. The van der Waals surface area contributed by atoms with Crippen molar-refractivity contribution < 1.29 is 4.21 Å². The van der Waals surface area contributed by atoms with Crippen LogP contribution >= 0.6 is 0 Å². The highest BCUT2D eigenvalue weighted by Crippen LogP contribution is 2.26. The van der Waals surface area contributed by atoms with Gasteiger partial charge in [0.2, 0.25) is 0 Å². The number of aryl methyl sites for hydroxylation is 2. The molecule has 106 valence electrons. The van der Waals surface area contributed by atoms with Crippen LogP contribution < -0.4 is 5.73 Å². The van der Waals surface area contributed by atoms with E-state index in [1.165, 1.54) is 36.8 Å². The average molecular weight is 279 g/mol. The van der Waals surface area contributed by atoms with Crippen molar-refractivity contribution in [2.24, 2.45) is 11.7 Å². The molecular weight excluding hydrogens is 254 g/mol. The molecule has 1 aromatic rings. The number of hydrogen-bond donors (Lipinski definition) is 1. The van der Waals surface area contributed by atoms with E-state index in [4.69, 9.17) is 5.73 Å². The molecule has 0 saturated heterocycles. The van der Waals surface area contributed by atoms with Crippen LogP contribution in [-0.4, -0.2) is 15.7 Å². The Labute approximate surface area is 119 Å². The van der Waals surface area contributed by atoms with Crippen LogP contribution in [0.2, 0.25) is 0 Å². The Morgan fingerprint density at radius 2 is 2.00 bits per heavy atom. The van der Waals surface area contributed by atoms with Crippen molar-refractivity contribution in [1.82, 2.24) is 0 Å². The van der Waals surface area contributed by atoms with E-state index in [2.05, 4.69) is 32.0 Å². The monoisotopic (exact) mass is 279 g/mol. The van der Waals surface area contributed by atoms with Crippen molar-refractivity contribution in [2.45, 2.75) is 45.6 Å². The molecule has 2 N–H and O–H groups in total. The second-order valence-corrected chi connectivity index (χ2v) is 7.44. The summed E-state index contributed by atoms with van der Waals surface area (Å²) in [7, 11) is -0.780. The molecule has 2 unspecified atom stereocenters.